The van der Waals surface area contributed by atoms with Gasteiger partial charge in [-0.2, -0.15) is 0 Å². The second-order valence-electron chi connectivity index (χ2n) is 4.49. The minimum Gasteiger partial charge on any atom is -0.505 e. The zero-order chi connectivity index (χ0) is 14.9. The molecule has 0 unspecified atom stereocenters. The Labute approximate surface area is 126 Å². The van der Waals surface area contributed by atoms with E-state index in [0.29, 0.717) is 4.47 Å². The molecule has 0 spiro atoms. The monoisotopic (exact) mass is 355 g/mol. The van der Waals surface area contributed by atoms with Crippen molar-refractivity contribution in [3.63, 3.8) is 0 Å². The molecule has 20 heavy (non-hydrogen) atoms. The standard InChI is InChI=1S/C14H14BrNO3S/c1-9-6-7-11(8-10(9)2)20(18,19)16-13-5-3-4-12(15)14(13)17/h3-8,16-17H,1-2H3. The minimum absolute atomic E-state index is 0.137. The van der Waals surface area contributed by atoms with E-state index in [-0.39, 0.29) is 16.3 Å². The lowest BCUT2D eigenvalue weighted by molar-refractivity contribution is 0.474. The van der Waals surface area contributed by atoms with E-state index in [1.807, 2.05) is 13.8 Å². The van der Waals surface area contributed by atoms with Gasteiger partial charge in [-0.1, -0.05) is 12.1 Å². The van der Waals surface area contributed by atoms with Gasteiger partial charge in [-0.3, -0.25) is 4.72 Å². The summed E-state index contributed by atoms with van der Waals surface area (Å²) < 4.78 is 27.4. The summed E-state index contributed by atoms with van der Waals surface area (Å²) in [6.07, 6.45) is 0. The lowest BCUT2D eigenvalue weighted by Crippen LogP contribution is -2.13. The summed E-state index contributed by atoms with van der Waals surface area (Å²) in [5, 5.41) is 9.83. The summed E-state index contributed by atoms with van der Waals surface area (Å²) in [4.78, 5) is 0.167. The number of aryl methyl sites for hydroxylation is 2. The molecular weight excluding hydrogens is 342 g/mol. The molecule has 0 saturated carbocycles. The predicted octanol–water partition coefficient (Wildman–Crippen LogP) is 3.57. The molecule has 2 rings (SSSR count). The van der Waals surface area contributed by atoms with Gasteiger partial charge in [0.15, 0.2) is 5.75 Å². The Morgan fingerprint density at radius 2 is 1.80 bits per heavy atom. The van der Waals surface area contributed by atoms with Crippen LogP contribution in [0.5, 0.6) is 5.75 Å². The number of nitrogens with one attached hydrogen (secondary N) is 1. The van der Waals surface area contributed by atoms with Crippen LogP contribution in [-0.2, 0) is 10.0 Å². The molecule has 0 heterocycles. The van der Waals surface area contributed by atoms with Gasteiger partial charge >= 0.3 is 0 Å². The van der Waals surface area contributed by atoms with Crippen molar-refractivity contribution in [2.24, 2.45) is 0 Å². The first-order chi connectivity index (χ1) is 9.31. The Bertz CT molecular complexity index is 757. The molecule has 0 fully saturated rings. The second kappa shape index (κ2) is 5.46. The van der Waals surface area contributed by atoms with Gasteiger partial charge < -0.3 is 5.11 Å². The third kappa shape index (κ3) is 2.96. The first kappa shape index (κ1) is 14.9. The van der Waals surface area contributed by atoms with E-state index in [1.165, 1.54) is 6.07 Å². The maximum atomic E-state index is 12.3. The second-order valence-corrected chi connectivity index (χ2v) is 7.02. The van der Waals surface area contributed by atoms with Crippen LogP contribution in [0.1, 0.15) is 11.1 Å². The van der Waals surface area contributed by atoms with Gasteiger partial charge in [0, 0.05) is 0 Å². The summed E-state index contributed by atoms with van der Waals surface area (Å²) in [7, 11) is -3.72. The number of rotatable bonds is 3. The van der Waals surface area contributed by atoms with Crippen LogP contribution in [-0.4, -0.2) is 13.5 Å². The maximum absolute atomic E-state index is 12.3. The van der Waals surface area contributed by atoms with Crippen molar-refractivity contribution in [1.29, 1.82) is 0 Å². The molecule has 0 aliphatic carbocycles. The molecule has 2 N–H and O–H groups in total. The van der Waals surface area contributed by atoms with Crippen molar-refractivity contribution < 1.29 is 13.5 Å². The number of para-hydroxylation sites is 1. The molecule has 0 radical (unpaired) electrons. The number of aromatic hydroxyl groups is 1. The van der Waals surface area contributed by atoms with Crippen LogP contribution in [0.3, 0.4) is 0 Å². The first-order valence-electron chi connectivity index (χ1n) is 5.89. The summed E-state index contributed by atoms with van der Waals surface area (Å²) in [5.41, 5.74) is 2.05. The Balaban J connectivity index is 2.41. The van der Waals surface area contributed by atoms with E-state index in [9.17, 15) is 13.5 Å². The Hall–Kier alpha value is -1.53. The molecule has 6 heteroatoms. The molecule has 0 amide bonds. The van der Waals surface area contributed by atoms with E-state index < -0.39 is 10.0 Å². The van der Waals surface area contributed by atoms with E-state index >= 15 is 0 Å². The van der Waals surface area contributed by atoms with E-state index in [0.717, 1.165) is 11.1 Å². The number of benzene rings is 2. The predicted molar refractivity (Wildman–Crippen MR) is 82.5 cm³/mol. The molecule has 0 aliphatic heterocycles. The number of sulfonamides is 1. The van der Waals surface area contributed by atoms with Crippen LogP contribution < -0.4 is 4.72 Å². The maximum Gasteiger partial charge on any atom is 0.262 e. The Morgan fingerprint density at radius 1 is 1.10 bits per heavy atom. The Kier molecular flexibility index (Phi) is 4.06. The smallest absolute Gasteiger partial charge is 0.262 e. The fourth-order valence-electron chi connectivity index (χ4n) is 1.68. The lowest BCUT2D eigenvalue weighted by Gasteiger charge is -2.11. The molecular formula is C14H14BrNO3S. The van der Waals surface area contributed by atoms with Gasteiger partial charge in [-0.15, -0.1) is 0 Å². The van der Waals surface area contributed by atoms with Gasteiger partial charge in [0.25, 0.3) is 10.0 Å². The van der Waals surface area contributed by atoms with Crippen LogP contribution in [0.15, 0.2) is 45.8 Å². The Morgan fingerprint density at radius 3 is 2.45 bits per heavy atom. The number of phenolic OH excluding ortho intramolecular Hbond substituents is 1. The third-order valence-electron chi connectivity index (χ3n) is 3.02. The van der Waals surface area contributed by atoms with Crippen LogP contribution >= 0.6 is 15.9 Å². The minimum atomic E-state index is -3.72. The SMILES string of the molecule is Cc1ccc(S(=O)(=O)Nc2cccc(Br)c2O)cc1C. The van der Waals surface area contributed by atoms with Gasteiger partial charge in [-0.25, -0.2) is 8.42 Å². The molecule has 0 saturated heterocycles. The van der Waals surface area contributed by atoms with Crippen molar-refractivity contribution in [3.05, 3.63) is 52.0 Å². The topological polar surface area (TPSA) is 66.4 Å². The number of hydrogen-bond donors (Lipinski definition) is 2. The quantitative estimate of drug-likeness (QED) is 0.827. The summed E-state index contributed by atoms with van der Waals surface area (Å²) in [6, 6.07) is 9.67. The molecule has 0 bridgehead atoms. The highest BCUT2D eigenvalue weighted by Gasteiger charge is 2.17. The number of halogens is 1. The molecule has 0 atom stereocenters. The highest BCUT2D eigenvalue weighted by atomic mass is 79.9. The zero-order valence-corrected chi connectivity index (χ0v) is 13.4. The third-order valence-corrected chi connectivity index (χ3v) is 5.02. The lowest BCUT2D eigenvalue weighted by atomic mass is 10.1. The normalized spacial score (nSPS) is 11.3. The molecule has 4 nitrogen and oxygen atoms in total. The van der Waals surface area contributed by atoms with Gasteiger partial charge in [0.05, 0.1) is 15.1 Å². The van der Waals surface area contributed by atoms with Crippen LogP contribution in [0, 0.1) is 13.8 Å². The fraction of sp³-hybridized carbons (Fsp3) is 0.143. The highest BCUT2D eigenvalue weighted by Crippen LogP contribution is 2.33. The van der Waals surface area contributed by atoms with Crippen molar-refractivity contribution in [1.82, 2.24) is 0 Å². The molecule has 0 aliphatic rings. The number of phenols is 1. The highest BCUT2D eigenvalue weighted by molar-refractivity contribution is 9.10. The average molecular weight is 356 g/mol. The van der Waals surface area contributed by atoms with Gasteiger partial charge in [0.2, 0.25) is 0 Å². The van der Waals surface area contributed by atoms with E-state index in [4.69, 9.17) is 0 Å². The zero-order valence-electron chi connectivity index (χ0n) is 11.0. The molecule has 2 aromatic rings. The van der Waals surface area contributed by atoms with E-state index in [1.54, 1.807) is 30.3 Å². The van der Waals surface area contributed by atoms with Gasteiger partial charge in [0.1, 0.15) is 0 Å². The fourth-order valence-corrected chi connectivity index (χ4v) is 3.20. The molecule has 0 aromatic heterocycles. The number of anilines is 1. The average Bonchev–Trinajstić information content (AvgIpc) is 2.38. The first-order valence-corrected chi connectivity index (χ1v) is 8.16. The van der Waals surface area contributed by atoms with Crippen molar-refractivity contribution in [2.45, 2.75) is 18.7 Å². The van der Waals surface area contributed by atoms with Crippen molar-refractivity contribution in [2.75, 3.05) is 4.72 Å². The van der Waals surface area contributed by atoms with Crippen molar-refractivity contribution >= 4 is 31.6 Å². The molecule has 106 valence electrons. The van der Waals surface area contributed by atoms with Crippen LogP contribution in [0.4, 0.5) is 5.69 Å². The summed E-state index contributed by atoms with van der Waals surface area (Å²) >= 11 is 3.15. The van der Waals surface area contributed by atoms with Crippen LogP contribution in [0.2, 0.25) is 0 Å². The largest absolute Gasteiger partial charge is 0.505 e. The summed E-state index contributed by atoms with van der Waals surface area (Å²) in [5.74, 6) is -0.139. The van der Waals surface area contributed by atoms with Gasteiger partial charge in [-0.05, 0) is 65.2 Å². The van der Waals surface area contributed by atoms with E-state index in [2.05, 4.69) is 20.7 Å². The molecule has 2 aromatic carbocycles. The van der Waals surface area contributed by atoms with Crippen molar-refractivity contribution in [3.8, 4) is 5.75 Å². The number of hydrogen-bond acceptors (Lipinski definition) is 3. The van der Waals surface area contributed by atoms with Crippen LogP contribution in [0.25, 0.3) is 0 Å². The summed E-state index contributed by atoms with van der Waals surface area (Å²) in [6.45, 7) is 3.77.